The highest BCUT2D eigenvalue weighted by molar-refractivity contribution is 6.11. The largest absolute Gasteiger partial charge is 0.361 e. The molecule has 0 spiro atoms. The predicted molar refractivity (Wildman–Crippen MR) is 218 cm³/mol. The first-order valence-electron chi connectivity index (χ1n) is 17.3. The van der Waals surface area contributed by atoms with E-state index < -0.39 is 0 Å². The number of benzene rings is 6. The van der Waals surface area contributed by atoms with Gasteiger partial charge in [0.1, 0.15) is 0 Å². The van der Waals surface area contributed by atoms with Crippen LogP contribution in [-0.2, 0) is 0 Å². The van der Waals surface area contributed by atoms with Crippen LogP contribution in [0.4, 0.5) is 0 Å². The van der Waals surface area contributed by atoms with E-state index in [-0.39, 0.29) is 0 Å². The van der Waals surface area contributed by atoms with Crippen LogP contribution in [0.15, 0.2) is 183 Å². The first-order valence-corrected chi connectivity index (χ1v) is 17.3. The Hall–Kier alpha value is -6.84. The van der Waals surface area contributed by atoms with Crippen LogP contribution in [0.2, 0.25) is 0 Å². The first-order chi connectivity index (χ1) is 25.3. The van der Waals surface area contributed by atoms with Gasteiger partial charge in [0.2, 0.25) is 0 Å². The maximum atomic E-state index is 4.12. The lowest BCUT2D eigenvalue weighted by atomic mass is 10.0. The van der Waals surface area contributed by atoms with Gasteiger partial charge in [0.15, 0.2) is 0 Å². The molecule has 0 saturated heterocycles. The van der Waals surface area contributed by atoms with Crippen molar-refractivity contribution in [2.24, 2.45) is 0 Å². The summed E-state index contributed by atoms with van der Waals surface area (Å²) in [7, 11) is 0. The minimum atomic E-state index is 0.941. The molecule has 51 heavy (non-hydrogen) atoms. The minimum Gasteiger partial charge on any atom is -0.361 e. The number of nitrogens with zero attached hydrogens (tertiary/aromatic N) is 2. The van der Waals surface area contributed by atoms with Gasteiger partial charge < -0.3 is 14.1 Å². The van der Waals surface area contributed by atoms with Crippen LogP contribution in [-0.4, -0.2) is 14.1 Å². The van der Waals surface area contributed by atoms with Gasteiger partial charge in [0.05, 0.1) is 22.1 Å². The molecule has 3 aromatic heterocycles. The van der Waals surface area contributed by atoms with Gasteiger partial charge in [-0.15, -0.1) is 0 Å². The molecule has 3 heterocycles. The number of fused-ring (bicyclic) bond motifs is 6. The number of H-pyrrole nitrogens is 1. The summed E-state index contributed by atoms with van der Waals surface area (Å²) in [5, 5.41) is 4.94. The molecule has 0 aliphatic carbocycles. The zero-order valence-electron chi connectivity index (χ0n) is 28.1. The zero-order chi connectivity index (χ0) is 34.1. The molecule has 242 valence electrons. The molecule has 9 aromatic rings. The van der Waals surface area contributed by atoms with Crippen molar-refractivity contribution < 1.29 is 0 Å². The number of nitrogens with one attached hydrogen (secondary N) is 1. The Morgan fingerprint density at radius 2 is 0.980 bits per heavy atom. The van der Waals surface area contributed by atoms with E-state index in [0.717, 1.165) is 39.3 Å². The lowest BCUT2D eigenvalue weighted by Crippen LogP contribution is -1.92. The number of aromatic amines is 1. The summed E-state index contributed by atoms with van der Waals surface area (Å²) < 4.78 is 4.70. The Labute approximate surface area is 297 Å². The predicted octanol–water partition coefficient (Wildman–Crippen LogP) is 12.8. The maximum absolute atomic E-state index is 4.12. The van der Waals surface area contributed by atoms with Gasteiger partial charge in [-0.1, -0.05) is 122 Å². The second-order valence-electron chi connectivity index (χ2n) is 12.8. The molecular weight excluding hydrogens is 619 g/mol. The summed E-state index contributed by atoms with van der Waals surface area (Å²) in [6, 6.07) is 60.6. The van der Waals surface area contributed by atoms with Gasteiger partial charge in [0, 0.05) is 44.8 Å². The number of aromatic nitrogens is 3. The van der Waals surface area contributed by atoms with E-state index in [1.54, 1.807) is 0 Å². The molecule has 0 amide bonds. The normalized spacial score (nSPS) is 11.5. The maximum Gasteiger partial charge on any atom is 0.0541 e. The van der Waals surface area contributed by atoms with Crippen molar-refractivity contribution >= 4 is 61.8 Å². The van der Waals surface area contributed by atoms with E-state index in [2.05, 4.69) is 203 Å². The number of para-hydroxylation sites is 4. The topological polar surface area (TPSA) is 25.6 Å². The summed E-state index contributed by atoms with van der Waals surface area (Å²) in [5.74, 6) is 0. The Bertz CT molecular complexity index is 2810. The quantitative estimate of drug-likeness (QED) is 0.185. The third-order valence-corrected chi connectivity index (χ3v) is 9.76. The van der Waals surface area contributed by atoms with Crippen molar-refractivity contribution in [1.29, 1.82) is 0 Å². The van der Waals surface area contributed by atoms with Gasteiger partial charge >= 0.3 is 0 Å². The molecule has 3 heteroatoms. The van der Waals surface area contributed by atoms with Gasteiger partial charge in [0.25, 0.3) is 0 Å². The summed E-state index contributed by atoms with van der Waals surface area (Å²) in [5.41, 5.74) is 12.5. The van der Waals surface area contributed by atoms with E-state index in [4.69, 9.17) is 0 Å². The van der Waals surface area contributed by atoms with Crippen molar-refractivity contribution in [1.82, 2.24) is 14.1 Å². The number of rotatable bonds is 6. The Kier molecular flexibility index (Phi) is 7.64. The van der Waals surface area contributed by atoms with Crippen molar-refractivity contribution in [3.05, 3.63) is 199 Å². The Balaban J connectivity index is 1.13. The summed E-state index contributed by atoms with van der Waals surface area (Å²) in [4.78, 5) is 3.45. The van der Waals surface area contributed by atoms with Crippen molar-refractivity contribution in [3.63, 3.8) is 0 Å². The highest BCUT2D eigenvalue weighted by Gasteiger charge is 2.14. The average molecular weight is 654 g/mol. The molecule has 0 bridgehead atoms. The number of hydrogen-bond donors (Lipinski definition) is 1. The summed E-state index contributed by atoms with van der Waals surface area (Å²) in [6.45, 7) is 4.12. The van der Waals surface area contributed by atoms with Crippen LogP contribution in [0.25, 0.3) is 84.3 Å². The minimum absolute atomic E-state index is 0.941. The van der Waals surface area contributed by atoms with E-state index in [9.17, 15) is 0 Å². The van der Waals surface area contributed by atoms with Crippen LogP contribution in [0.1, 0.15) is 16.8 Å². The molecule has 0 aliphatic heterocycles. The SMILES string of the molecule is C=Cc1[nH]cccc(-c2ccc3c(c2)c2ccccc2n3-c2ccccc2)ccc1C=Cc1ccc2c(c1)c1ccccc1n2-c1ccccc1. The van der Waals surface area contributed by atoms with Gasteiger partial charge in [-0.05, 0) is 95.1 Å². The van der Waals surface area contributed by atoms with Crippen LogP contribution < -0.4 is 0 Å². The van der Waals surface area contributed by atoms with E-state index >= 15 is 0 Å². The third kappa shape index (κ3) is 5.42. The molecule has 0 unspecified atom stereocenters. The molecule has 6 aromatic carbocycles. The van der Waals surface area contributed by atoms with E-state index in [0.29, 0.717) is 0 Å². The second kappa shape index (κ2) is 12.9. The highest BCUT2D eigenvalue weighted by atomic mass is 15.0. The smallest absolute Gasteiger partial charge is 0.0541 e. The van der Waals surface area contributed by atoms with Crippen molar-refractivity contribution in [3.8, 4) is 22.5 Å². The monoisotopic (exact) mass is 653 g/mol. The van der Waals surface area contributed by atoms with Crippen LogP contribution in [0.5, 0.6) is 0 Å². The standard InChI is InChI=1S/C48H35N3/c1-2-44-36(25-23-34-24-29-47-42(32-34)40-19-9-11-21-45(40)50(47)38-15-5-3-6-16-38)27-26-35(14-13-31-49-44)37-28-30-48-43(33-37)41-20-10-12-22-46(41)51(48)39-17-7-4-8-18-39/h2-33,49H,1H2. The fourth-order valence-corrected chi connectivity index (χ4v) is 7.36. The lowest BCUT2D eigenvalue weighted by molar-refractivity contribution is 1.18. The van der Waals surface area contributed by atoms with Gasteiger partial charge in [-0.25, -0.2) is 0 Å². The fourth-order valence-electron chi connectivity index (χ4n) is 7.36. The molecule has 0 aliphatic rings. The van der Waals surface area contributed by atoms with Crippen LogP contribution in [0.3, 0.4) is 0 Å². The molecule has 0 atom stereocenters. The van der Waals surface area contributed by atoms with Crippen molar-refractivity contribution in [2.75, 3.05) is 0 Å². The van der Waals surface area contributed by atoms with Gasteiger partial charge in [-0.3, -0.25) is 0 Å². The molecule has 0 saturated carbocycles. The Morgan fingerprint density at radius 3 is 1.63 bits per heavy atom. The lowest BCUT2D eigenvalue weighted by Gasteiger charge is -2.08. The van der Waals surface area contributed by atoms with Crippen molar-refractivity contribution in [2.45, 2.75) is 0 Å². The zero-order valence-corrected chi connectivity index (χ0v) is 28.1. The Morgan fingerprint density at radius 1 is 0.431 bits per heavy atom. The van der Waals surface area contributed by atoms with E-state index in [1.807, 2.05) is 12.3 Å². The molecule has 0 radical (unpaired) electrons. The third-order valence-electron chi connectivity index (χ3n) is 9.76. The molecule has 1 N–H and O–H groups in total. The summed E-state index contributed by atoms with van der Waals surface area (Å²) in [6.07, 6.45) is 8.21. The summed E-state index contributed by atoms with van der Waals surface area (Å²) >= 11 is 0. The number of hydrogen-bond acceptors (Lipinski definition) is 0. The highest BCUT2D eigenvalue weighted by Crippen LogP contribution is 2.35. The van der Waals surface area contributed by atoms with E-state index in [1.165, 1.54) is 43.6 Å². The van der Waals surface area contributed by atoms with Crippen LogP contribution in [0, 0.1) is 0 Å². The fraction of sp³-hybridized carbons (Fsp3) is 0. The average Bonchev–Trinajstić information content (AvgIpc) is 3.73. The first kappa shape index (κ1) is 30.2. The molecule has 9 rings (SSSR count). The van der Waals surface area contributed by atoms with Crippen LogP contribution >= 0.6 is 0 Å². The molecule has 0 fully saturated rings. The van der Waals surface area contributed by atoms with Gasteiger partial charge in [-0.2, -0.15) is 0 Å². The second-order valence-corrected chi connectivity index (χ2v) is 12.8. The molecular formula is C48H35N3. The molecule has 3 nitrogen and oxygen atoms in total.